The monoisotopic (exact) mass is 250 g/mol. The summed E-state index contributed by atoms with van der Waals surface area (Å²) in [5.41, 5.74) is 3.96. The summed E-state index contributed by atoms with van der Waals surface area (Å²) in [6, 6.07) is 11.8. The number of pyridine rings is 1. The topological polar surface area (TPSA) is 33.2 Å². The van der Waals surface area contributed by atoms with E-state index in [2.05, 4.69) is 11.1 Å². The molecule has 0 bridgehead atoms. The van der Waals surface area contributed by atoms with Crippen LogP contribution < -0.4 is 4.90 Å². The molecule has 2 heterocycles. The molecule has 1 aromatic heterocycles. The number of para-hydroxylation sites is 1. The number of benzene rings is 1. The molecule has 0 atom stereocenters. The molecule has 1 aromatic carbocycles. The van der Waals surface area contributed by atoms with Gasteiger partial charge in [-0.25, -0.2) is 0 Å². The van der Waals surface area contributed by atoms with Crippen molar-refractivity contribution < 1.29 is 4.79 Å². The molecule has 3 heteroatoms. The number of aromatic nitrogens is 1. The van der Waals surface area contributed by atoms with Gasteiger partial charge in [0.25, 0.3) is 0 Å². The molecule has 1 amide bonds. The molecule has 2 aromatic rings. The van der Waals surface area contributed by atoms with Crippen molar-refractivity contribution in [2.45, 2.75) is 13.5 Å². The first-order chi connectivity index (χ1) is 9.25. The Balaban J connectivity index is 2.19. The second-order valence-electron chi connectivity index (χ2n) is 4.54. The summed E-state index contributed by atoms with van der Waals surface area (Å²) in [4.78, 5) is 18.1. The van der Waals surface area contributed by atoms with Gasteiger partial charge in [-0.05, 0) is 23.3 Å². The van der Waals surface area contributed by atoms with Gasteiger partial charge in [-0.2, -0.15) is 0 Å². The van der Waals surface area contributed by atoms with Crippen molar-refractivity contribution in [2.75, 3.05) is 4.90 Å². The standard InChI is InChI=1S/C16H14N2O/c1-12(19)18-11-15-13(6-4-10-17-15)8-9-14-5-2-3-7-16(14)18/h2-10H,11H2,1H3. The summed E-state index contributed by atoms with van der Waals surface area (Å²) in [7, 11) is 0. The van der Waals surface area contributed by atoms with Gasteiger partial charge in [0, 0.05) is 13.1 Å². The van der Waals surface area contributed by atoms with Crippen LogP contribution in [0.2, 0.25) is 0 Å². The lowest BCUT2D eigenvalue weighted by molar-refractivity contribution is -0.116. The van der Waals surface area contributed by atoms with Crippen LogP contribution in [0.4, 0.5) is 5.69 Å². The molecule has 19 heavy (non-hydrogen) atoms. The van der Waals surface area contributed by atoms with E-state index in [9.17, 15) is 4.79 Å². The van der Waals surface area contributed by atoms with Crippen LogP contribution in [0.15, 0.2) is 42.6 Å². The zero-order chi connectivity index (χ0) is 13.2. The van der Waals surface area contributed by atoms with E-state index in [4.69, 9.17) is 0 Å². The third-order valence-electron chi connectivity index (χ3n) is 3.28. The molecule has 0 radical (unpaired) electrons. The van der Waals surface area contributed by atoms with Crippen LogP contribution in [0.3, 0.4) is 0 Å². The number of carbonyl (C=O) groups is 1. The lowest BCUT2D eigenvalue weighted by Gasteiger charge is -2.25. The summed E-state index contributed by atoms with van der Waals surface area (Å²) in [5, 5.41) is 0. The summed E-state index contributed by atoms with van der Waals surface area (Å²) in [6.45, 7) is 2.09. The van der Waals surface area contributed by atoms with E-state index in [0.29, 0.717) is 6.54 Å². The molecule has 0 N–H and O–H groups in total. The molecule has 1 aliphatic rings. The van der Waals surface area contributed by atoms with Gasteiger partial charge in [0.15, 0.2) is 0 Å². The van der Waals surface area contributed by atoms with Gasteiger partial charge < -0.3 is 4.90 Å². The van der Waals surface area contributed by atoms with Crippen molar-refractivity contribution in [3.63, 3.8) is 0 Å². The maximum Gasteiger partial charge on any atom is 0.224 e. The van der Waals surface area contributed by atoms with Crippen LogP contribution in [-0.2, 0) is 11.3 Å². The first kappa shape index (κ1) is 11.7. The Kier molecular flexibility index (Phi) is 2.88. The van der Waals surface area contributed by atoms with Gasteiger partial charge in [0.05, 0.1) is 17.9 Å². The number of fused-ring (bicyclic) bond motifs is 2. The fraction of sp³-hybridized carbons (Fsp3) is 0.125. The smallest absolute Gasteiger partial charge is 0.224 e. The van der Waals surface area contributed by atoms with E-state index in [1.165, 1.54) is 0 Å². The van der Waals surface area contributed by atoms with Gasteiger partial charge >= 0.3 is 0 Å². The van der Waals surface area contributed by atoms with Gasteiger partial charge in [0.1, 0.15) is 0 Å². The average molecular weight is 250 g/mol. The lowest BCUT2D eigenvalue weighted by atomic mass is 10.0. The first-order valence-corrected chi connectivity index (χ1v) is 6.25. The highest BCUT2D eigenvalue weighted by atomic mass is 16.2. The van der Waals surface area contributed by atoms with E-state index < -0.39 is 0 Å². The predicted molar refractivity (Wildman–Crippen MR) is 76.5 cm³/mol. The Hall–Kier alpha value is -2.42. The molecule has 0 saturated heterocycles. The van der Waals surface area contributed by atoms with Crippen molar-refractivity contribution >= 4 is 23.7 Å². The number of carbonyl (C=O) groups excluding carboxylic acids is 1. The molecule has 0 saturated carbocycles. The Morgan fingerprint density at radius 1 is 1.11 bits per heavy atom. The van der Waals surface area contributed by atoms with Gasteiger partial charge in [-0.3, -0.25) is 9.78 Å². The highest BCUT2D eigenvalue weighted by Gasteiger charge is 2.18. The van der Waals surface area contributed by atoms with E-state index in [1.807, 2.05) is 42.5 Å². The van der Waals surface area contributed by atoms with Gasteiger partial charge in [-0.15, -0.1) is 0 Å². The Morgan fingerprint density at radius 3 is 2.68 bits per heavy atom. The largest absolute Gasteiger partial charge is 0.306 e. The van der Waals surface area contributed by atoms with Crippen molar-refractivity contribution in [2.24, 2.45) is 0 Å². The minimum atomic E-state index is 0.0272. The molecule has 94 valence electrons. The highest BCUT2D eigenvalue weighted by Crippen LogP contribution is 2.27. The van der Waals surface area contributed by atoms with Crippen LogP contribution >= 0.6 is 0 Å². The summed E-state index contributed by atoms with van der Waals surface area (Å²) >= 11 is 0. The van der Waals surface area contributed by atoms with E-state index >= 15 is 0 Å². The van der Waals surface area contributed by atoms with Crippen LogP contribution in [0.1, 0.15) is 23.7 Å². The molecule has 3 rings (SSSR count). The fourth-order valence-electron chi connectivity index (χ4n) is 2.30. The third kappa shape index (κ3) is 2.15. The number of nitrogens with zero attached hydrogens (tertiary/aromatic N) is 2. The summed E-state index contributed by atoms with van der Waals surface area (Å²) in [6.07, 6.45) is 5.85. The molecule has 3 nitrogen and oxygen atoms in total. The zero-order valence-corrected chi connectivity index (χ0v) is 10.7. The van der Waals surface area contributed by atoms with E-state index in [1.54, 1.807) is 18.0 Å². The fourth-order valence-corrected chi connectivity index (χ4v) is 2.30. The second kappa shape index (κ2) is 4.69. The summed E-state index contributed by atoms with van der Waals surface area (Å²) in [5.74, 6) is 0.0272. The minimum absolute atomic E-state index is 0.0272. The van der Waals surface area contributed by atoms with Crippen molar-refractivity contribution in [1.82, 2.24) is 4.98 Å². The van der Waals surface area contributed by atoms with Crippen LogP contribution in [0.5, 0.6) is 0 Å². The zero-order valence-electron chi connectivity index (χ0n) is 10.7. The number of hydrogen-bond donors (Lipinski definition) is 0. The predicted octanol–water partition coefficient (Wildman–Crippen LogP) is 3.12. The molecule has 0 unspecified atom stereocenters. The minimum Gasteiger partial charge on any atom is -0.306 e. The van der Waals surface area contributed by atoms with E-state index in [-0.39, 0.29) is 5.91 Å². The lowest BCUT2D eigenvalue weighted by Crippen LogP contribution is -2.29. The molecule has 0 fully saturated rings. The molecule has 0 aliphatic carbocycles. The van der Waals surface area contributed by atoms with Crippen LogP contribution in [0, 0.1) is 0 Å². The van der Waals surface area contributed by atoms with Crippen molar-refractivity contribution in [3.05, 3.63) is 59.4 Å². The second-order valence-corrected chi connectivity index (χ2v) is 4.54. The number of anilines is 1. The van der Waals surface area contributed by atoms with Crippen molar-refractivity contribution in [3.8, 4) is 0 Å². The first-order valence-electron chi connectivity index (χ1n) is 6.25. The third-order valence-corrected chi connectivity index (χ3v) is 3.28. The van der Waals surface area contributed by atoms with Crippen molar-refractivity contribution in [1.29, 1.82) is 0 Å². The Morgan fingerprint density at radius 2 is 1.84 bits per heavy atom. The number of amides is 1. The summed E-state index contributed by atoms with van der Waals surface area (Å²) < 4.78 is 0. The molecule has 0 spiro atoms. The van der Waals surface area contributed by atoms with E-state index in [0.717, 1.165) is 22.5 Å². The Labute approximate surface area is 112 Å². The van der Waals surface area contributed by atoms with Gasteiger partial charge in [-0.1, -0.05) is 36.4 Å². The Bertz CT molecular complexity index is 661. The van der Waals surface area contributed by atoms with Crippen LogP contribution in [-0.4, -0.2) is 10.9 Å². The molecule has 1 aliphatic heterocycles. The number of hydrogen-bond acceptors (Lipinski definition) is 2. The quantitative estimate of drug-likeness (QED) is 0.719. The average Bonchev–Trinajstić information content (AvgIpc) is 2.41. The maximum absolute atomic E-state index is 11.9. The highest BCUT2D eigenvalue weighted by molar-refractivity contribution is 5.95. The SMILES string of the molecule is CC(=O)N1Cc2ncccc2C=Cc2ccccc21. The number of rotatable bonds is 0. The van der Waals surface area contributed by atoms with Crippen LogP contribution in [0.25, 0.3) is 12.2 Å². The maximum atomic E-state index is 11.9. The van der Waals surface area contributed by atoms with Gasteiger partial charge in [0.2, 0.25) is 5.91 Å². The molecular formula is C16H14N2O. The normalized spacial score (nSPS) is 13.2. The molecular weight excluding hydrogens is 236 g/mol.